The normalized spacial score (nSPS) is 23.6. The van der Waals surface area contributed by atoms with Crippen molar-refractivity contribution >= 4 is 28.2 Å². The van der Waals surface area contributed by atoms with E-state index < -0.39 is 0 Å². The Hall–Kier alpha value is -2.89. The average molecular weight is 419 g/mol. The smallest absolute Gasteiger partial charge is 0.298 e. The van der Waals surface area contributed by atoms with Crippen molar-refractivity contribution in [3.63, 3.8) is 0 Å². The lowest BCUT2D eigenvalue weighted by Crippen LogP contribution is -2.30. The number of nitrogens with one attached hydrogen (secondary N) is 1. The van der Waals surface area contributed by atoms with E-state index in [1.54, 1.807) is 18.3 Å². The maximum absolute atomic E-state index is 13.1. The highest BCUT2D eigenvalue weighted by Crippen LogP contribution is 2.48. The first kappa shape index (κ1) is 20.0. The molecule has 2 heterocycles. The SMILES string of the molecule is COc1ccc2c(c1)[nH]c1c(=O)n(/N=C\[C@H]3CC4=C(CCCC4(C)C)C[C@H]3C)cnc12. The summed E-state index contributed by atoms with van der Waals surface area (Å²) >= 11 is 0. The van der Waals surface area contributed by atoms with Crippen LogP contribution >= 0.6 is 0 Å². The number of hydrogen-bond donors (Lipinski definition) is 1. The van der Waals surface area contributed by atoms with E-state index >= 15 is 0 Å². The molecule has 31 heavy (non-hydrogen) atoms. The van der Waals surface area contributed by atoms with E-state index in [0.29, 0.717) is 22.9 Å². The molecule has 0 fully saturated rings. The van der Waals surface area contributed by atoms with E-state index in [4.69, 9.17) is 4.74 Å². The van der Waals surface area contributed by atoms with E-state index in [-0.39, 0.29) is 11.0 Å². The third-order valence-corrected chi connectivity index (χ3v) is 7.34. The number of hydrogen-bond acceptors (Lipinski definition) is 4. The Kier molecular flexibility index (Phi) is 4.76. The molecule has 0 saturated heterocycles. The molecule has 2 aliphatic carbocycles. The number of benzene rings is 1. The van der Waals surface area contributed by atoms with Gasteiger partial charge >= 0.3 is 0 Å². The highest BCUT2D eigenvalue weighted by Gasteiger charge is 2.36. The Morgan fingerprint density at radius 3 is 2.97 bits per heavy atom. The van der Waals surface area contributed by atoms with Crippen LogP contribution in [-0.2, 0) is 0 Å². The topological polar surface area (TPSA) is 72.3 Å². The Labute approximate surface area is 182 Å². The van der Waals surface area contributed by atoms with Crippen LogP contribution in [0.5, 0.6) is 5.75 Å². The van der Waals surface area contributed by atoms with Gasteiger partial charge in [0.15, 0.2) is 0 Å². The van der Waals surface area contributed by atoms with Crippen molar-refractivity contribution in [2.75, 3.05) is 7.11 Å². The molecule has 5 rings (SSSR count). The fourth-order valence-corrected chi connectivity index (χ4v) is 5.44. The third-order valence-electron chi connectivity index (χ3n) is 7.34. The summed E-state index contributed by atoms with van der Waals surface area (Å²) in [6, 6.07) is 5.68. The van der Waals surface area contributed by atoms with Crippen LogP contribution in [0.2, 0.25) is 0 Å². The average Bonchev–Trinajstić information content (AvgIpc) is 3.12. The second-order valence-corrected chi connectivity index (χ2v) is 9.79. The summed E-state index contributed by atoms with van der Waals surface area (Å²) in [6.45, 7) is 7.05. The van der Waals surface area contributed by atoms with Gasteiger partial charge in [0.2, 0.25) is 0 Å². The molecular formula is C25H30N4O2. The molecular weight excluding hydrogens is 388 g/mol. The van der Waals surface area contributed by atoms with Gasteiger partial charge in [-0.25, -0.2) is 4.98 Å². The van der Waals surface area contributed by atoms with Crippen LogP contribution in [-0.4, -0.2) is 28.0 Å². The first-order valence-corrected chi connectivity index (χ1v) is 11.2. The van der Waals surface area contributed by atoms with Crippen LogP contribution in [0, 0.1) is 17.3 Å². The number of methoxy groups -OCH3 is 1. The zero-order chi connectivity index (χ0) is 21.8. The van der Waals surface area contributed by atoms with Gasteiger partial charge in [-0.3, -0.25) is 4.79 Å². The first-order chi connectivity index (χ1) is 14.9. The maximum atomic E-state index is 13.1. The molecule has 0 unspecified atom stereocenters. The van der Waals surface area contributed by atoms with Crippen molar-refractivity contribution in [2.45, 2.75) is 52.9 Å². The quantitative estimate of drug-likeness (QED) is 0.465. The monoisotopic (exact) mass is 418 g/mol. The molecule has 1 N–H and O–H groups in total. The summed E-state index contributed by atoms with van der Waals surface area (Å²) < 4.78 is 6.65. The summed E-state index contributed by atoms with van der Waals surface area (Å²) in [5.41, 5.74) is 5.36. The van der Waals surface area contributed by atoms with E-state index in [9.17, 15) is 4.79 Å². The molecule has 0 saturated carbocycles. The summed E-state index contributed by atoms with van der Waals surface area (Å²) in [4.78, 5) is 20.8. The highest BCUT2D eigenvalue weighted by molar-refractivity contribution is 6.04. The third kappa shape index (κ3) is 3.38. The fraction of sp³-hybridized carbons (Fsp3) is 0.480. The van der Waals surface area contributed by atoms with Gasteiger partial charge in [0.1, 0.15) is 23.1 Å². The molecule has 2 aromatic heterocycles. The fourth-order valence-electron chi connectivity index (χ4n) is 5.44. The largest absolute Gasteiger partial charge is 0.497 e. The van der Waals surface area contributed by atoms with Gasteiger partial charge in [0, 0.05) is 23.6 Å². The highest BCUT2D eigenvalue weighted by atomic mass is 16.5. The number of rotatable bonds is 3. The van der Waals surface area contributed by atoms with Gasteiger partial charge in [-0.05, 0) is 55.6 Å². The number of allylic oxidation sites excluding steroid dienone is 2. The number of ether oxygens (including phenoxy) is 1. The molecule has 162 valence electrons. The van der Waals surface area contributed by atoms with Gasteiger partial charge in [-0.15, -0.1) is 0 Å². The number of fused-ring (bicyclic) bond motifs is 3. The van der Waals surface area contributed by atoms with Crippen molar-refractivity contribution < 1.29 is 4.74 Å². The van der Waals surface area contributed by atoms with Crippen LogP contribution in [0.3, 0.4) is 0 Å². The molecule has 1 aromatic carbocycles. The molecule has 2 aliphatic rings. The zero-order valence-electron chi connectivity index (χ0n) is 18.7. The van der Waals surface area contributed by atoms with Crippen molar-refractivity contribution in [2.24, 2.45) is 22.4 Å². The van der Waals surface area contributed by atoms with Gasteiger partial charge in [0.05, 0.1) is 12.6 Å². The van der Waals surface area contributed by atoms with Gasteiger partial charge in [0.25, 0.3) is 5.56 Å². The van der Waals surface area contributed by atoms with Gasteiger partial charge in [-0.2, -0.15) is 9.78 Å². The summed E-state index contributed by atoms with van der Waals surface area (Å²) in [6.07, 6.45) is 9.50. The van der Waals surface area contributed by atoms with Crippen LogP contribution in [0.15, 0.2) is 45.6 Å². The lowest BCUT2D eigenvalue weighted by atomic mass is 9.63. The molecule has 0 spiro atoms. The summed E-state index contributed by atoms with van der Waals surface area (Å²) in [5.74, 6) is 1.61. The Balaban J connectivity index is 1.47. The Morgan fingerprint density at radius 1 is 1.32 bits per heavy atom. The van der Waals surface area contributed by atoms with Crippen LogP contribution in [0.25, 0.3) is 21.9 Å². The minimum absolute atomic E-state index is 0.183. The second kappa shape index (κ2) is 7.36. The molecule has 6 nitrogen and oxygen atoms in total. The van der Waals surface area contributed by atoms with Crippen LogP contribution in [0.1, 0.15) is 52.9 Å². The van der Waals surface area contributed by atoms with Gasteiger partial charge < -0.3 is 9.72 Å². The van der Waals surface area contributed by atoms with Crippen molar-refractivity contribution in [3.05, 3.63) is 46.0 Å². The van der Waals surface area contributed by atoms with E-state index in [1.165, 1.54) is 30.3 Å². The zero-order valence-corrected chi connectivity index (χ0v) is 18.7. The number of nitrogens with zero attached hydrogens (tertiary/aromatic N) is 3. The van der Waals surface area contributed by atoms with Crippen LogP contribution < -0.4 is 10.3 Å². The van der Waals surface area contributed by atoms with E-state index in [1.807, 2.05) is 24.4 Å². The molecule has 6 heteroatoms. The predicted octanol–water partition coefficient (Wildman–Crippen LogP) is 5.27. The standard InChI is InChI=1S/C25H30N4O2/c1-15-10-16-6-5-9-25(2,3)20(16)11-17(15)13-27-29-14-26-22-19-8-7-18(31-4)12-21(19)28-23(22)24(29)30/h7-8,12-15,17,28H,5-6,9-11H2,1-4H3/b27-13-/t15-,17-/m1/s1. The number of aromatic nitrogens is 3. The van der Waals surface area contributed by atoms with Crippen LogP contribution in [0.4, 0.5) is 0 Å². The molecule has 0 radical (unpaired) electrons. The number of H-pyrrole nitrogens is 1. The molecule has 0 bridgehead atoms. The lowest BCUT2D eigenvalue weighted by Gasteiger charge is -2.42. The minimum atomic E-state index is -0.183. The Morgan fingerprint density at radius 2 is 2.16 bits per heavy atom. The van der Waals surface area contributed by atoms with Crippen molar-refractivity contribution in [1.82, 2.24) is 14.6 Å². The lowest BCUT2D eigenvalue weighted by molar-refractivity contribution is 0.295. The second-order valence-electron chi connectivity index (χ2n) is 9.79. The van der Waals surface area contributed by atoms with E-state index in [2.05, 4.69) is 35.8 Å². The molecule has 3 aromatic rings. The number of aromatic amines is 1. The van der Waals surface area contributed by atoms with Crippen molar-refractivity contribution in [3.8, 4) is 5.75 Å². The van der Waals surface area contributed by atoms with E-state index in [0.717, 1.165) is 29.5 Å². The predicted molar refractivity (Wildman–Crippen MR) is 125 cm³/mol. The minimum Gasteiger partial charge on any atom is -0.497 e. The Bertz CT molecular complexity index is 1280. The van der Waals surface area contributed by atoms with Gasteiger partial charge in [-0.1, -0.05) is 31.9 Å². The maximum Gasteiger partial charge on any atom is 0.298 e. The van der Waals surface area contributed by atoms with Crippen molar-refractivity contribution in [1.29, 1.82) is 0 Å². The summed E-state index contributed by atoms with van der Waals surface area (Å²) in [5, 5.41) is 5.48. The molecule has 0 amide bonds. The summed E-state index contributed by atoms with van der Waals surface area (Å²) in [7, 11) is 1.63. The molecule has 2 atom stereocenters. The first-order valence-electron chi connectivity index (χ1n) is 11.2. The molecule has 0 aliphatic heterocycles.